The van der Waals surface area contributed by atoms with E-state index in [1.54, 1.807) is 0 Å². The lowest BCUT2D eigenvalue weighted by Gasteiger charge is -2.28. The summed E-state index contributed by atoms with van der Waals surface area (Å²) >= 11 is 0. The average Bonchev–Trinajstić information content (AvgIpc) is 3.15. The third-order valence-electron chi connectivity index (χ3n) is 6.34. The third kappa shape index (κ3) is 8.89. The highest BCUT2D eigenvalue weighted by Crippen LogP contribution is 2.36. The van der Waals surface area contributed by atoms with Crippen molar-refractivity contribution >= 4 is 23.8 Å². The summed E-state index contributed by atoms with van der Waals surface area (Å²) in [6, 6.07) is -0.995. The second-order valence-electron chi connectivity index (χ2n) is 9.61. The summed E-state index contributed by atoms with van der Waals surface area (Å²) in [5.74, 6) is -5.63. The summed E-state index contributed by atoms with van der Waals surface area (Å²) < 4.78 is 36.7. The zero-order chi connectivity index (χ0) is 24.6. The Kier molecular flexibility index (Phi) is 10.0. The molecule has 1 heterocycles. The number of hydrogen-bond acceptors (Lipinski definition) is 6. The number of amides is 2. The fraction of sp³-hybridized carbons (Fsp3) is 0.826. The number of methoxy groups -OCH3 is 1. The number of carbonyl (C=O) groups excluding carboxylic acids is 4. The number of esters is 2. The monoisotopic (exact) mass is 474 g/mol. The Bertz CT molecular complexity index is 705. The van der Waals surface area contributed by atoms with Crippen LogP contribution in [-0.4, -0.2) is 56.0 Å². The summed E-state index contributed by atoms with van der Waals surface area (Å²) in [4.78, 5) is 49.5. The molecule has 1 saturated heterocycles. The van der Waals surface area contributed by atoms with Crippen LogP contribution in [0.5, 0.6) is 0 Å². The molecule has 1 aliphatic heterocycles. The molecule has 0 spiro atoms. The van der Waals surface area contributed by atoms with Gasteiger partial charge in [-0.05, 0) is 43.9 Å². The predicted octanol–water partition coefficient (Wildman–Crippen LogP) is 2.59. The molecule has 10 heteroatoms. The zero-order valence-corrected chi connectivity index (χ0v) is 19.7. The van der Waals surface area contributed by atoms with Gasteiger partial charge in [-0.25, -0.2) is 13.6 Å². The van der Waals surface area contributed by atoms with Gasteiger partial charge >= 0.3 is 11.9 Å². The summed E-state index contributed by atoms with van der Waals surface area (Å²) in [5, 5.41) is 5.36. The van der Waals surface area contributed by atoms with Gasteiger partial charge in [0.25, 0.3) is 0 Å². The molecular formula is C23H36F2N2O6. The van der Waals surface area contributed by atoms with Gasteiger partial charge < -0.3 is 20.1 Å². The first-order chi connectivity index (χ1) is 15.5. The molecule has 3 atom stereocenters. The Balaban J connectivity index is 1.92. The molecule has 2 fully saturated rings. The van der Waals surface area contributed by atoms with Gasteiger partial charge in [0.05, 0.1) is 20.1 Å². The van der Waals surface area contributed by atoms with Gasteiger partial charge in [0.1, 0.15) is 6.04 Å². The quantitative estimate of drug-likeness (QED) is 0.446. The number of alkyl halides is 2. The van der Waals surface area contributed by atoms with E-state index in [0.29, 0.717) is 32.2 Å². The van der Waals surface area contributed by atoms with Crippen molar-refractivity contribution in [3.8, 4) is 0 Å². The first-order valence-electron chi connectivity index (χ1n) is 11.7. The van der Waals surface area contributed by atoms with Crippen molar-refractivity contribution in [1.82, 2.24) is 10.6 Å². The Morgan fingerprint density at radius 2 is 1.85 bits per heavy atom. The predicted molar refractivity (Wildman–Crippen MR) is 115 cm³/mol. The number of carbonyl (C=O) groups is 4. The van der Waals surface area contributed by atoms with Gasteiger partial charge in [-0.3, -0.25) is 14.4 Å². The minimum absolute atomic E-state index is 0.0620. The highest BCUT2D eigenvalue weighted by atomic mass is 19.3. The Morgan fingerprint density at radius 3 is 2.39 bits per heavy atom. The van der Waals surface area contributed by atoms with Gasteiger partial charge in [0.15, 0.2) is 0 Å². The van der Waals surface area contributed by atoms with Crippen LogP contribution in [0.25, 0.3) is 0 Å². The number of nitrogens with one attached hydrogen (secondary N) is 2. The summed E-state index contributed by atoms with van der Waals surface area (Å²) in [5.41, 5.74) is 0. The first kappa shape index (κ1) is 27.0. The molecule has 188 valence electrons. The van der Waals surface area contributed by atoms with Gasteiger partial charge in [0.2, 0.25) is 17.7 Å². The molecule has 0 radical (unpaired) electrons. The Morgan fingerprint density at radius 1 is 1.18 bits per heavy atom. The lowest BCUT2D eigenvalue weighted by molar-refractivity contribution is -0.150. The second-order valence-corrected chi connectivity index (χ2v) is 9.61. The highest BCUT2D eigenvalue weighted by molar-refractivity contribution is 5.89. The van der Waals surface area contributed by atoms with Crippen molar-refractivity contribution < 1.29 is 37.4 Å². The summed E-state index contributed by atoms with van der Waals surface area (Å²) in [7, 11) is 1.21. The van der Waals surface area contributed by atoms with Crippen LogP contribution in [0.15, 0.2) is 0 Å². The van der Waals surface area contributed by atoms with Crippen LogP contribution in [0.3, 0.4) is 0 Å². The molecule has 2 rings (SSSR count). The zero-order valence-electron chi connectivity index (χ0n) is 19.7. The van der Waals surface area contributed by atoms with Crippen LogP contribution in [0.4, 0.5) is 8.78 Å². The molecule has 0 aromatic heterocycles. The molecule has 0 unspecified atom stereocenters. The molecule has 33 heavy (non-hydrogen) atoms. The van der Waals surface area contributed by atoms with E-state index >= 15 is 0 Å². The van der Waals surface area contributed by atoms with E-state index in [0.717, 1.165) is 0 Å². The molecule has 0 aromatic rings. The van der Waals surface area contributed by atoms with Crippen LogP contribution in [0, 0.1) is 23.7 Å². The topological polar surface area (TPSA) is 111 Å². The molecule has 0 bridgehead atoms. The average molecular weight is 475 g/mol. The summed E-state index contributed by atoms with van der Waals surface area (Å²) in [6.07, 6.45) is 1.09. The minimum Gasteiger partial charge on any atom is -0.467 e. The largest absolute Gasteiger partial charge is 0.467 e. The first-order valence-corrected chi connectivity index (χ1v) is 11.7. The Hall–Kier alpha value is -2.26. The molecule has 2 N–H and O–H groups in total. The van der Waals surface area contributed by atoms with Crippen LogP contribution < -0.4 is 10.6 Å². The lowest BCUT2D eigenvalue weighted by atomic mass is 9.87. The molecule has 2 aliphatic rings. The standard InChI is InChI=1S/C23H36F2N2O6/c1-14(2)10-17(12-19(28)33-13-15-4-7-23(24,25)8-5-15)21(30)27-18(22(31)32-3)11-16-6-9-26-20(16)29/h14-18H,4-13H2,1-3H3,(H,26,29)(H,27,30)/t16-,17+,18-/m0/s1. The van der Waals surface area contributed by atoms with Crippen LogP contribution >= 0.6 is 0 Å². The van der Waals surface area contributed by atoms with E-state index < -0.39 is 41.6 Å². The van der Waals surface area contributed by atoms with Crippen LogP contribution in [0.2, 0.25) is 0 Å². The number of halogens is 2. The van der Waals surface area contributed by atoms with Gasteiger partial charge in [-0.15, -0.1) is 0 Å². The molecule has 1 saturated carbocycles. The number of rotatable bonds is 11. The normalized spacial score (nSPS) is 22.4. The number of hydrogen-bond donors (Lipinski definition) is 2. The fourth-order valence-electron chi connectivity index (χ4n) is 4.39. The third-order valence-corrected chi connectivity index (χ3v) is 6.34. The molecular weight excluding hydrogens is 438 g/mol. The van der Waals surface area contributed by atoms with E-state index in [2.05, 4.69) is 10.6 Å². The van der Waals surface area contributed by atoms with Crippen LogP contribution in [-0.2, 0) is 28.7 Å². The van der Waals surface area contributed by atoms with Crippen molar-refractivity contribution in [3.05, 3.63) is 0 Å². The second kappa shape index (κ2) is 12.3. The van der Waals surface area contributed by atoms with E-state index in [4.69, 9.17) is 9.47 Å². The maximum Gasteiger partial charge on any atom is 0.328 e. The SMILES string of the molecule is COC(=O)[C@H](C[C@@H]1CCNC1=O)NC(=O)[C@@H](CC(=O)OCC1CCC(F)(F)CC1)CC(C)C. The molecule has 2 amide bonds. The van der Waals surface area contributed by atoms with Gasteiger partial charge in [-0.2, -0.15) is 0 Å². The maximum atomic E-state index is 13.3. The Labute approximate surface area is 193 Å². The minimum atomic E-state index is -2.64. The van der Waals surface area contributed by atoms with Gasteiger partial charge in [0, 0.05) is 31.2 Å². The van der Waals surface area contributed by atoms with Crippen molar-refractivity contribution in [1.29, 1.82) is 0 Å². The lowest BCUT2D eigenvalue weighted by Crippen LogP contribution is -2.46. The number of ether oxygens (including phenoxy) is 2. The smallest absolute Gasteiger partial charge is 0.328 e. The molecule has 8 nitrogen and oxygen atoms in total. The van der Waals surface area contributed by atoms with Crippen molar-refractivity contribution in [3.63, 3.8) is 0 Å². The van der Waals surface area contributed by atoms with E-state index in [-0.39, 0.29) is 50.0 Å². The highest BCUT2D eigenvalue weighted by Gasteiger charge is 2.36. The molecule has 0 aromatic carbocycles. The van der Waals surface area contributed by atoms with E-state index in [9.17, 15) is 28.0 Å². The fourth-order valence-corrected chi connectivity index (χ4v) is 4.39. The van der Waals surface area contributed by atoms with Gasteiger partial charge in [-0.1, -0.05) is 13.8 Å². The van der Waals surface area contributed by atoms with Crippen molar-refractivity contribution in [2.45, 2.75) is 77.2 Å². The van der Waals surface area contributed by atoms with E-state index in [1.165, 1.54) is 7.11 Å². The maximum absolute atomic E-state index is 13.3. The van der Waals surface area contributed by atoms with Crippen LogP contribution in [0.1, 0.15) is 65.2 Å². The van der Waals surface area contributed by atoms with E-state index in [1.807, 2.05) is 13.8 Å². The van der Waals surface area contributed by atoms with Crippen molar-refractivity contribution in [2.24, 2.45) is 23.7 Å². The molecule has 1 aliphatic carbocycles. The van der Waals surface area contributed by atoms with Crippen molar-refractivity contribution in [2.75, 3.05) is 20.3 Å². The summed E-state index contributed by atoms with van der Waals surface area (Å²) in [6.45, 7) is 4.40.